The van der Waals surface area contributed by atoms with Crippen molar-refractivity contribution in [3.63, 3.8) is 0 Å². The molecular formula is C33H50O. The van der Waals surface area contributed by atoms with Gasteiger partial charge in [0.15, 0.2) is 5.78 Å². The SMILES string of the molecule is CC1=CC/C=C(/C)CC/C=C(/C)CCC1(C)C(=O)C1(C)CC/C(C)=C\CC/C(C)=C\C/C=C/1C. The highest BCUT2D eigenvalue weighted by molar-refractivity contribution is 5.94. The van der Waals surface area contributed by atoms with Gasteiger partial charge < -0.3 is 0 Å². The molecular weight excluding hydrogens is 412 g/mol. The Bertz CT molecular complexity index is 842. The van der Waals surface area contributed by atoms with E-state index in [-0.39, 0.29) is 0 Å². The Morgan fingerprint density at radius 3 is 1.29 bits per heavy atom. The predicted molar refractivity (Wildman–Crippen MR) is 150 cm³/mol. The number of allylic oxidation sites excluding steroid dienone is 12. The fourth-order valence-electron chi connectivity index (χ4n) is 5.31. The number of carbonyl (C=O) groups is 1. The fraction of sp³-hybridized carbons (Fsp3) is 0.606. The summed E-state index contributed by atoms with van der Waals surface area (Å²) in [6.07, 6.45) is 24.1. The molecule has 0 spiro atoms. The minimum Gasteiger partial charge on any atom is -0.298 e. The Hall–Kier alpha value is -1.89. The minimum atomic E-state index is -0.458. The molecule has 0 heterocycles. The van der Waals surface area contributed by atoms with E-state index in [0.29, 0.717) is 5.78 Å². The van der Waals surface area contributed by atoms with Gasteiger partial charge >= 0.3 is 0 Å². The zero-order valence-electron chi connectivity index (χ0n) is 23.4. The smallest absolute Gasteiger partial charge is 0.152 e. The lowest BCUT2D eigenvalue weighted by molar-refractivity contribution is -0.134. The zero-order valence-corrected chi connectivity index (χ0v) is 23.4. The molecule has 0 bridgehead atoms. The Balaban J connectivity index is 2.52. The summed E-state index contributed by atoms with van der Waals surface area (Å²) in [6.45, 7) is 17.8. The summed E-state index contributed by atoms with van der Waals surface area (Å²) in [4.78, 5) is 14.6. The van der Waals surface area contributed by atoms with Crippen LogP contribution in [0.5, 0.6) is 0 Å². The molecule has 0 fully saturated rings. The summed E-state index contributed by atoms with van der Waals surface area (Å²) < 4.78 is 0. The molecule has 0 aromatic heterocycles. The van der Waals surface area contributed by atoms with Crippen molar-refractivity contribution < 1.29 is 4.79 Å². The van der Waals surface area contributed by atoms with E-state index < -0.39 is 10.8 Å². The summed E-state index contributed by atoms with van der Waals surface area (Å²) in [5.74, 6) is 0.402. The first-order valence-corrected chi connectivity index (χ1v) is 13.5. The third kappa shape index (κ3) is 7.56. The first-order chi connectivity index (χ1) is 16.0. The number of Topliss-reactive ketones (excluding diaryl/α,β-unsaturated/α-hetero) is 1. The highest BCUT2D eigenvalue weighted by atomic mass is 16.1. The van der Waals surface area contributed by atoms with Gasteiger partial charge in [-0.2, -0.15) is 0 Å². The van der Waals surface area contributed by atoms with Gasteiger partial charge in [0.05, 0.1) is 0 Å². The first kappa shape index (κ1) is 28.3. The number of ketones is 1. The third-order valence-corrected chi connectivity index (χ3v) is 8.63. The van der Waals surface area contributed by atoms with Gasteiger partial charge in [0.2, 0.25) is 0 Å². The summed E-state index contributed by atoms with van der Waals surface area (Å²) in [5, 5.41) is 0. The average molecular weight is 463 g/mol. The molecule has 0 amide bonds. The fourth-order valence-corrected chi connectivity index (χ4v) is 5.31. The van der Waals surface area contributed by atoms with Crippen molar-refractivity contribution in [2.45, 2.75) is 120 Å². The van der Waals surface area contributed by atoms with Gasteiger partial charge in [0, 0.05) is 10.8 Å². The van der Waals surface area contributed by atoms with Crippen molar-refractivity contribution in [1.82, 2.24) is 0 Å². The predicted octanol–water partition coefficient (Wildman–Crippen LogP) is 10.2. The van der Waals surface area contributed by atoms with Crippen LogP contribution in [-0.4, -0.2) is 5.78 Å². The van der Waals surface area contributed by atoms with Gasteiger partial charge in [-0.25, -0.2) is 0 Å². The lowest BCUT2D eigenvalue weighted by Gasteiger charge is -2.40. The molecule has 34 heavy (non-hydrogen) atoms. The number of hydrogen-bond donors (Lipinski definition) is 0. The van der Waals surface area contributed by atoms with Gasteiger partial charge in [0.1, 0.15) is 0 Å². The molecule has 2 rings (SSSR count). The molecule has 2 aliphatic carbocycles. The van der Waals surface area contributed by atoms with E-state index in [4.69, 9.17) is 0 Å². The standard InChI is InChI=1S/C33H50O/c1-25-13-9-15-27(3)21-23-32(7,29(5)19-11-17-25)31(34)33(8)24-22-28(4)16-10-14-26(2)18-12-20-30(33)6/h15-20H,9-14,21-24H2,1-8H3/b25-17-,26-18-,27-15-,28-16-,29-19+,30-20?. The summed E-state index contributed by atoms with van der Waals surface area (Å²) in [6, 6.07) is 0. The molecule has 2 atom stereocenters. The molecule has 188 valence electrons. The number of carbonyl (C=O) groups excluding carboxylic acids is 1. The first-order valence-electron chi connectivity index (χ1n) is 13.5. The largest absolute Gasteiger partial charge is 0.298 e. The van der Waals surface area contributed by atoms with E-state index in [2.05, 4.69) is 91.8 Å². The van der Waals surface area contributed by atoms with Crippen LogP contribution in [0.25, 0.3) is 0 Å². The summed E-state index contributed by atoms with van der Waals surface area (Å²) in [7, 11) is 0. The van der Waals surface area contributed by atoms with Crippen molar-refractivity contribution in [2.24, 2.45) is 10.8 Å². The van der Waals surface area contributed by atoms with Crippen LogP contribution in [0.3, 0.4) is 0 Å². The van der Waals surface area contributed by atoms with E-state index in [0.717, 1.165) is 64.2 Å². The molecule has 0 aromatic rings. The third-order valence-electron chi connectivity index (χ3n) is 8.63. The monoisotopic (exact) mass is 462 g/mol. The lowest BCUT2D eigenvalue weighted by atomic mass is 9.61. The van der Waals surface area contributed by atoms with E-state index in [1.165, 1.54) is 33.4 Å². The highest BCUT2D eigenvalue weighted by Crippen LogP contribution is 2.46. The molecule has 2 aliphatic rings. The quantitative estimate of drug-likeness (QED) is 0.373. The van der Waals surface area contributed by atoms with Crippen LogP contribution in [0.1, 0.15) is 120 Å². The van der Waals surface area contributed by atoms with Crippen LogP contribution in [0, 0.1) is 10.8 Å². The Morgan fingerprint density at radius 1 is 0.559 bits per heavy atom. The van der Waals surface area contributed by atoms with Gasteiger partial charge in [-0.15, -0.1) is 0 Å². The van der Waals surface area contributed by atoms with Crippen molar-refractivity contribution in [1.29, 1.82) is 0 Å². The summed E-state index contributed by atoms with van der Waals surface area (Å²) in [5.41, 5.74) is 7.26. The van der Waals surface area contributed by atoms with Crippen LogP contribution in [-0.2, 0) is 4.79 Å². The van der Waals surface area contributed by atoms with Crippen molar-refractivity contribution in [3.8, 4) is 0 Å². The van der Waals surface area contributed by atoms with Crippen LogP contribution in [0.4, 0.5) is 0 Å². The Kier molecular flexibility index (Phi) is 10.6. The van der Waals surface area contributed by atoms with Gasteiger partial charge in [-0.3, -0.25) is 4.79 Å². The summed E-state index contributed by atoms with van der Waals surface area (Å²) >= 11 is 0. The molecule has 0 aromatic carbocycles. The Labute approximate surface area is 210 Å². The second kappa shape index (κ2) is 12.7. The molecule has 0 radical (unpaired) electrons. The van der Waals surface area contributed by atoms with Gasteiger partial charge in [-0.05, 0) is 120 Å². The maximum atomic E-state index is 14.6. The maximum absolute atomic E-state index is 14.6. The second-order valence-corrected chi connectivity index (χ2v) is 11.5. The molecule has 1 nitrogen and oxygen atoms in total. The van der Waals surface area contributed by atoms with E-state index in [1.807, 2.05) is 0 Å². The van der Waals surface area contributed by atoms with E-state index in [1.54, 1.807) is 0 Å². The molecule has 0 saturated heterocycles. The van der Waals surface area contributed by atoms with E-state index >= 15 is 0 Å². The van der Waals surface area contributed by atoms with Crippen LogP contribution in [0.2, 0.25) is 0 Å². The molecule has 1 heteroatoms. The van der Waals surface area contributed by atoms with Gasteiger partial charge in [-0.1, -0.05) is 69.9 Å². The number of hydrogen-bond acceptors (Lipinski definition) is 1. The molecule has 0 N–H and O–H groups in total. The molecule has 0 saturated carbocycles. The minimum absolute atomic E-state index is 0.402. The normalized spacial score (nSPS) is 36.5. The molecule has 0 aliphatic heterocycles. The maximum Gasteiger partial charge on any atom is 0.152 e. The average Bonchev–Trinajstić information content (AvgIpc) is 2.79. The van der Waals surface area contributed by atoms with Crippen molar-refractivity contribution in [2.75, 3.05) is 0 Å². The van der Waals surface area contributed by atoms with Gasteiger partial charge in [0.25, 0.3) is 0 Å². The van der Waals surface area contributed by atoms with Crippen LogP contribution < -0.4 is 0 Å². The van der Waals surface area contributed by atoms with Crippen molar-refractivity contribution >= 4 is 5.78 Å². The second-order valence-electron chi connectivity index (χ2n) is 11.5. The van der Waals surface area contributed by atoms with Crippen LogP contribution >= 0.6 is 0 Å². The highest BCUT2D eigenvalue weighted by Gasteiger charge is 2.46. The lowest BCUT2D eigenvalue weighted by Crippen LogP contribution is -2.42. The zero-order chi connectivity index (χ0) is 25.4. The number of rotatable bonds is 2. The molecule has 2 unspecified atom stereocenters. The van der Waals surface area contributed by atoms with E-state index in [9.17, 15) is 4.79 Å². The van der Waals surface area contributed by atoms with Crippen molar-refractivity contribution in [3.05, 3.63) is 69.9 Å². The topological polar surface area (TPSA) is 17.1 Å². The Morgan fingerprint density at radius 2 is 0.912 bits per heavy atom. The van der Waals surface area contributed by atoms with Crippen LogP contribution in [0.15, 0.2) is 69.9 Å².